The SMILES string of the molecule is [2H]C([2H])([2H])c1c[c-]c(-c2ccc([Si](C)(C)C)cn2)cc1.[2H]C([2H])([2H])c1ccc2c(n1)oc1c(-c3nc4ccccc4n3-c3c(C(C)C)cc(-c4ccccc4)cc3C(C)C)[c-]cc(C([2H])([2H])[2H])c12.[Ir]. The van der Waals surface area contributed by atoms with Crippen molar-refractivity contribution in [2.45, 2.75) is 79.7 Å². The molecule has 0 bridgehead atoms. The van der Waals surface area contributed by atoms with Crippen molar-refractivity contribution in [1.29, 1.82) is 0 Å². The van der Waals surface area contributed by atoms with Crippen LogP contribution in [0.1, 0.15) is 79.8 Å². The summed E-state index contributed by atoms with van der Waals surface area (Å²) in [5, 5.41) is 2.06. The molecule has 0 fully saturated rings. The average Bonchev–Trinajstić information content (AvgIpc) is 3.86. The van der Waals surface area contributed by atoms with Gasteiger partial charge in [-0.05, 0) is 88.2 Å². The number of nitrogens with zero attached hydrogens (tertiary/aromatic N) is 4. The number of pyridine rings is 2. The van der Waals surface area contributed by atoms with Crippen LogP contribution in [0.3, 0.4) is 0 Å². The maximum absolute atomic E-state index is 8.33. The Morgan fingerprint density at radius 2 is 1.48 bits per heavy atom. The van der Waals surface area contributed by atoms with E-state index in [9.17, 15) is 0 Å². The summed E-state index contributed by atoms with van der Waals surface area (Å²) in [6.45, 7) is 8.52. The van der Waals surface area contributed by atoms with E-state index in [0.29, 0.717) is 27.7 Å². The molecular formula is C53H52IrN4OSi-2. The number of rotatable bonds is 7. The fourth-order valence-electron chi connectivity index (χ4n) is 7.49. The van der Waals surface area contributed by atoms with Gasteiger partial charge in [-0.1, -0.05) is 127 Å². The van der Waals surface area contributed by atoms with Gasteiger partial charge in [0.05, 0.1) is 30.5 Å². The van der Waals surface area contributed by atoms with E-state index in [1.54, 1.807) is 18.2 Å². The second-order valence-electron chi connectivity index (χ2n) is 16.5. The van der Waals surface area contributed by atoms with Gasteiger partial charge in [0.15, 0.2) is 0 Å². The number of imidazole rings is 1. The number of hydrogen-bond acceptors (Lipinski definition) is 4. The summed E-state index contributed by atoms with van der Waals surface area (Å²) in [6.07, 6.45) is 1.92. The Morgan fingerprint density at radius 3 is 2.12 bits per heavy atom. The molecule has 9 rings (SSSR count). The summed E-state index contributed by atoms with van der Waals surface area (Å²) in [5.41, 5.74) is 9.76. The maximum Gasteiger partial charge on any atom is 0.216 e. The third kappa shape index (κ3) is 8.32. The molecule has 1 radical (unpaired) electrons. The molecule has 0 atom stereocenters. The second-order valence-corrected chi connectivity index (χ2v) is 21.6. The van der Waals surface area contributed by atoms with Gasteiger partial charge in [0.25, 0.3) is 0 Å². The number of benzene rings is 5. The van der Waals surface area contributed by atoms with Gasteiger partial charge in [-0.2, -0.15) is 0 Å². The summed E-state index contributed by atoms with van der Waals surface area (Å²) >= 11 is 0. The summed E-state index contributed by atoms with van der Waals surface area (Å²) in [7, 11) is -1.34. The van der Waals surface area contributed by atoms with Gasteiger partial charge < -0.3 is 14.0 Å². The first-order valence-electron chi connectivity index (χ1n) is 24.4. The van der Waals surface area contributed by atoms with E-state index in [0.717, 1.165) is 50.2 Å². The number of hydrogen-bond donors (Lipinski definition) is 0. The first kappa shape index (κ1) is 32.3. The molecule has 0 amide bonds. The number of aryl methyl sites for hydroxylation is 3. The normalized spacial score (nSPS) is 14.5. The van der Waals surface area contributed by atoms with Gasteiger partial charge in [0.2, 0.25) is 5.71 Å². The van der Waals surface area contributed by atoms with E-state index in [2.05, 4.69) is 104 Å². The molecule has 0 N–H and O–H groups in total. The molecule has 0 unspecified atom stereocenters. The first-order valence-corrected chi connectivity index (χ1v) is 23.4. The third-order valence-electron chi connectivity index (χ3n) is 10.7. The summed E-state index contributed by atoms with van der Waals surface area (Å²) in [5.74, 6) is 0.821. The van der Waals surface area contributed by atoms with E-state index < -0.39 is 28.6 Å². The summed E-state index contributed by atoms with van der Waals surface area (Å²) in [4.78, 5) is 13.9. The van der Waals surface area contributed by atoms with Crippen molar-refractivity contribution in [3.63, 3.8) is 0 Å². The topological polar surface area (TPSA) is 56.7 Å². The first-order chi connectivity index (χ1) is 31.9. The van der Waals surface area contributed by atoms with Crippen LogP contribution in [0.2, 0.25) is 19.6 Å². The minimum absolute atomic E-state index is 0. The zero-order chi connectivity index (χ0) is 49.1. The monoisotopic (exact) mass is 990 g/mol. The van der Waals surface area contributed by atoms with Gasteiger partial charge in [0, 0.05) is 55.4 Å². The van der Waals surface area contributed by atoms with E-state index in [4.69, 9.17) is 21.7 Å². The van der Waals surface area contributed by atoms with Crippen LogP contribution in [-0.2, 0) is 20.1 Å². The molecule has 9 aromatic rings. The second kappa shape index (κ2) is 17.3. The Hall–Kier alpha value is -5.46. The number of fused-ring (bicyclic) bond motifs is 4. The van der Waals surface area contributed by atoms with Crippen LogP contribution >= 0.6 is 0 Å². The number of aromatic nitrogens is 4. The minimum Gasteiger partial charge on any atom is -0.486 e. The maximum atomic E-state index is 8.33. The fraction of sp³-hybridized carbons (Fsp3) is 0.226. The van der Waals surface area contributed by atoms with E-state index in [-0.39, 0.29) is 54.5 Å². The van der Waals surface area contributed by atoms with E-state index in [1.165, 1.54) is 23.4 Å². The molecule has 4 aromatic heterocycles. The Bertz CT molecular complexity index is 3190. The van der Waals surface area contributed by atoms with Gasteiger partial charge in [-0.3, -0.25) is 4.98 Å². The van der Waals surface area contributed by atoms with Gasteiger partial charge in [-0.25, -0.2) is 4.98 Å². The minimum atomic E-state index is -2.49. The summed E-state index contributed by atoms with van der Waals surface area (Å²) < 4.78 is 79.2. The standard InChI is InChI=1S/C38H34N3O.C15H18NSi.Ir/c1-22(2)30-20-27(26-12-8-7-9-13-26)21-31(23(3)4)35(30)41-33-15-11-10-14-32(33)40-37(41)29-18-16-24(5)34-28-19-17-25(6)39-38(28)42-36(29)34;1-12-5-7-13(8-6-12)15-10-9-14(11-16-15)17(2,3)4;/h7-17,19-23H,1-6H3;5-7,9-11H,1-4H3;/q2*-1;/i5D3,6D3;1D3;. The zero-order valence-corrected chi connectivity index (χ0v) is 38.1. The van der Waals surface area contributed by atoms with Gasteiger partial charge in [-0.15, -0.1) is 53.1 Å². The zero-order valence-electron chi connectivity index (χ0n) is 43.7. The Labute approximate surface area is 382 Å². The van der Waals surface area contributed by atoms with Crippen molar-refractivity contribution in [3.05, 3.63) is 162 Å². The molecule has 0 spiro atoms. The predicted octanol–water partition coefficient (Wildman–Crippen LogP) is 13.7. The predicted molar refractivity (Wildman–Crippen MR) is 250 cm³/mol. The van der Waals surface area contributed by atoms with Crippen molar-refractivity contribution in [2.75, 3.05) is 0 Å². The Morgan fingerprint density at radius 1 is 0.733 bits per heavy atom. The average molecular weight is 990 g/mol. The van der Waals surface area contributed by atoms with Crippen LogP contribution in [0.5, 0.6) is 0 Å². The van der Waals surface area contributed by atoms with Crippen molar-refractivity contribution < 1.29 is 36.9 Å². The van der Waals surface area contributed by atoms with Crippen LogP contribution in [-0.4, -0.2) is 27.6 Å². The van der Waals surface area contributed by atoms with Crippen molar-refractivity contribution in [1.82, 2.24) is 19.5 Å². The van der Waals surface area contributed by atoms with Crippen LogP contribution in [0.15, 0.2) is 126 Å². The third-order valence-corrected chi connectivity index (χ3v) is 12.7. The molecule has 60 heavy (non-hydrogen) atoms. The molecule has 5 aromatic carbocycles. The van der Waals surface area contributed by atoms with Gasteiger partial charge in [0.1, 0.15) is 0 Å². The van der Waals surface area contributed by atoms with Gasteiger partial charge >= 0.3 is 0 Å². The fourth-order valence-corrected chi connectivity index (χ4v) is 8.52. The van der Waals surface area contributed by atoms with Crippen LogP contribution < -0.4 is 5.19 Å². The Kier molecular flexibility index (Phi) is 9.30. The quantitative estimate of drug-likeness (QED) is 0.118. The largest absolute Gasteiger partial charge is 0.486 e. The van der Waals surface area contributed by atoms with E-state index >= 15 is 0 Å². The molecule has 4 heterocycles. The van der Waals surface area contributed by atoms with E-state index in [1.807, 2.05) is 54.7 Å². The smallest absolute Gasteiger partial charge is 0.216 e. The number of para-hydroxylation sites is 2. The van der Waals surface area contributed by atoms with Crippen LogP contribution in [0.4, 0.5) is 0 Å². The van der Waals surface area contributed by atoms with Crippen molar-refractivity contribution in [3.8, 4) is 39.5 Å². The molecule has 0 saturated carbocycles. The van der Waals surface area contributed by atoms with Crippen LogP contribution in [0.25, 0.3) is 72.6 Å². The van der Waals surface area contributed by atoms with Crippen molar-refractivity contribution >= 4 is 46.4 Å². The number of furan rings is 1. The van der Waals surface area contributed by atoms with Crippen molar-refractivity contribution in [2.24, 2.45) is 0 Å². The van der Waals surface area contributed by atoms with Crippen LogP contribution in [0, 0.1) is 32.7 Å². The molecular weight excluding hydrogens is 929 g/mol. The molecule has 0 aliphatic carbocycles. The molecule has 305 valence electrons. The summed E-state index contributed by atoms with van der Waals surface area (Å²) in [6, 6.07) is 42.4. The molecule has 0 saturated heterocycles. The Balaban J connectivity index is 0.000000281. The molecule has 0 aliphatic rings. The molecule has 5 nitrogen and oxygen atoms in total. The molecule has 0 aliphatic heterocycles. The molecule has 7 heteroatoms.